The number of hydrogen-bond acceptors (Lipinski definition) is 4. The molecular weight excluding hydrogens is 238 g/mol. The van der Waals surface area contributed by atoms with Gasteiger partial charge in [-0.2, -0.15) is 0 Å². The van der Waals surface area contributed by atoms with E-state index in [4.69, 9.17) is 4.74 Å². The van der Waals surface area contributed by atoms with Crippen molar-refractivity contribution in [2.45, 2.75) is 46.3 Å². The molecule has 1 aromatic rings. The molecule has 2 N–H and O–H groups in total. The number of aromatic nitrogens is 1. The Kier molecular flexibility index (Phi) is 7.45. The first-order valence-electron chi connectivity index (χ1n) is 7.16. The van der Waals surface area contributed by atoms with Crippen molar-refractivity contribution in [1.82, 2.24) is 10.3 Å². The lowest BCUT2D eigenvalue weighted by Gasteiger charge is -2.14. The topological polar surface area (TPSA) is 46.2 Å². The van der Waals surface area contributed by atoms with Crippen LogP contribution in [0.15, 0.2) is 12.1 Å². The molecule has 4 nitrogen and oxygen atoms in total. The second kappa shape index (κ2) is 8.88. The van der Waals surface area contributed by atoms with E-state index in [1.165, 1.54) is 5.56 Å². The highest BCUT2D eigenvalue weighted by Crippen LogP contribution is 2.12. The van der Waals surface area contributed by atoms with E-state index in [0.717, 1.165) is 44.0 Å². The highest BCUT2D eigenvalue weighted by atomic mass is 16.5. The van der Waals surface area contributed by atoms with E-state index < -0.39 is 0 Å². The Bertz CT molecular complexity index is 368. The van der Waals surface area contributed by atoms with E-state index in [1.54, 1.807) is 7.11 Å². The van der Waals surface area contributed by atoms with E-state index in [0.29, 0.717) is 0 Å². The predicted molar refractivity (Wildman–Crippen MR) is 80.6 cm³/mol. The molecule has 1 unspecified atom stereocenters. The monoisotopic (exact) mass is 265 g/mol. The molecule has 0 saturated carbocycles. The van der Waals surface area contributed by atoms with Crippen molar-refractivity contribution in [3.8, 4) is 0 Å². The van der Waals surface area contributed by atoms with Crippen molar-refractivity contribution in [1.29, 1.82) is 0 Å². The van der Waals surface area contributed by atoms with Crippen molar-refractivity contribution in [3.63, 3.8) is 0 Å². The number of aryl methyl sites for hydroxylation is 1. The van der Waals surface area contributed by atoms with Crippen molar-refractivity contribution in [2.24, 2.45) is 0 Å². The van der Waals surface area contributed by atoms with Crippen LogP contribution in [0.5, 0.6) is 0 Å². The molecule has 0 bridgehead atoms. The van der Waals surface area contributed by atoms with Crippen LogP contribution in [0.25, 0.3) is 0 Å². The molecule has 0 aliphatic carbocycles. The quantitative estimate of drug-likeness (QED) is 0.720. The van der Waals surface area contributed by atoms with Crippen molar-refractivity contribution < 1.29 is 4.74 Å². The van der Waals surface area contributed by atoms with E-state index in [1.807, 2.05) is 6.92 Å². The van der Waals surface area contributed by atoms with Crippen LogP contribution in [0.2, 0.25) is 0 Å². The Balaban J connectivity index is 2.73. The van der Waals surface area contributed by atoms with Crippen LogP contribution < -0.4 is 10.6 Å². The van der Waals surface area contributed by atoms with Crippen molar-refractivity contribution in [3.05, 3.63) is 23.4 Å². The van der Waals surface area contributed by atoms with Gasteiger partial charge in [0, 0.05) is 25.9 Å². The van der Waals surface area contributed by atoms with Gasteiger partial charge in [0.1, 0.15) is 5.82 Å². The zero-order valence-corrected chi connectivity index (χ0v) is 12.6. The molecule has 4 heteroatoms. The van der Waals surface area contributed by atoms with Crippen LogP contribution in [-0.2, 0) is 17.7 Å². The minimum absolute atomic E-state index is 0.189. The van der Waals surface area contributed by atoms with Gasteiger partial charge in [-0.1, -0.05) is 20.3 Å². The molecule has 1 aromatic heterocycles. The Hall–Kier alpha value is -1.13. The van der Waals surface area contributed by atoms with Gasteiger partial charge in [0.15, 0.2) is 0 Å². The molecule has 0 aliphatic rings. The molecule has 108 valence electrons. The van der Waals surface area contributed by atoms with Crippen LogP contribution >= 0.6 is 0 Å². The molecule has 1 rings (SSSR count). The maximum atomic E-state index is 5.24. The number of methoxy groups -OCH3 is 1. The van der Waals surface area contributed by atoms with Crippen molar-refractivity contribution >= 4 is 5.82 Å². The smallest absolute Gasteiger partial charge is 0.126 e. The maximum absolute atomic E-state index is 5.24. The zero-order chi connectivity index (χ0) is 14.1. The van der Waals surface area contributed by atoms with E-state index in [9.17, 15) is 0 Å². The van der Waals surface area contributed by atoms with Crippen LogP contribution in [0, 0.1) is 0 Å². The number of hydrogen-bond donors (Lipinski definition) is 2. The lowest BCUT2D eigenvalue weighted by molar-refractivity contribution is 0.128. The molecule has 0 amide bonds. The summed E-state index contributed by atoms with van der Waals surface area (Å²) in [6.45, 7) is 8.99. The predicted octanol–water partition coefficient (Wildman–Crippen LogP) is 2.59. The fourth-order valence-electron chi connectivity index (χ4n) is 1.83. The first-order chi connectivity index (χ1) is 9.19. The van der Waals surface area contributed by atoms with Gasteiger partial charge < -0.3 is 15.4 Å². The molecule has 0 saturated heterocycles. The van der Waals surface area contributed by atoms with Gasteiger partial charge >= 0.3 is 0 Å². The van der Waals surface area contributed by atoms with Crippen molar-refractivity contribution in [2.75, 3.05) is 25.5 Å². The van der Waals surface area contributed by atoms with Crippen LogP contribution in [0.3, 0.4) is 0 Å². The summed E-state index contributed by atoms with van der Waals surface area (Å²) >= 11 is 0. The maximum Gasteiger partial charge on any atom is 0.126 e. The number of pyridine rings is 1. The van der Waals surface area contributed by atoms with Gasteiger partial charge in [-0.15, -0.1) is 0 Å². The summed E-state index contributed by atoms with van der Waals surface area (Å²) in [5.74, 6) is 0.947. The second-order valence-corrected chi connectivity index (χ2v) is 4.81. The fraction of sp³-hybridized carbons (Fsp3) is 0.667. The Labute approximate surface area is 117 Å². The normalized spacial score (nSPS) is 12.4. The Morgan fingerprint density at radius 3 is 2.74 bits per heavy atom. The molecule has 0 spiro atoms. The first-order valence-corrected chi connectivity index (χ1v) is 7.16. The third kappa shape index (κ3) is 6.03. The summed E-state index contributed by atoms with van der Waals surface area (Å²) in [4.78, 5) is 4.64. The zero-order valence-electron chi connectivity index (χ0n) is 12.6. The Morgan fingerprint density at radius 1 is 1.32 bits per heavy atom. The minimum atomic E-state index is 0.189. The van der Waals surface area contributed by atoms with E-state index in [-0.39, 0.29) is 6.10 Å². The number of rotatable bonds is 9. The second-order valence-electron chi connectivity index (χ2n) is 4.81. The van der Waals surface area contributed by atoms with Crippen LogP contribution in [-0.4, -0.2) is 31.3 Å². The summed E-state index contributed by atoms with van der Waals surface area (Å²) in [5.41, 5.74) is 2.44. The van der Waals surface area contributed by atoms with Gasteiger partial charge in [-0.05, 0) is 37.6 Å². The Morgan fingerprint density at radius 2 is 2.11 bits per heavy atom. The molecular formula is C15H27N3O. The SMILES string of the molecule is CCCc1cc(CNCC)cc(NCC(C)OC)n1. The third-order valence-electron chi connectivity index (χ3n) is 3.00. The molecule has 0 aliphatic heterocycles. The largest absolute Gasteiger partial charge is 0.380 e. The fourth-order valence-corrected chi connectivity index (χ4v) is 1.83. The summed E-state index contributed by atoms with van der Waals surface area (Å²) in [6, 6.07) is 4.31. The standard InChI is InChI=1S/C15H27N3O/c1-5-7-14-8-13(11-16-6-2)9-15(18-14)17-10-12(3)19-4/h8-9,12,16H,5-7,10-11H2,1-4H3,(H,17,18). The summed E-state index contributed by atoms with van der Waals surface area (Å²) in [5, 5.41) is 6.70. The van der Waals surface area contributed by atoms with Gasteiger partial charge in [0.25, 0.3) is 0 Å². The lowest BCUT2D eigenvalue weighted by atomic mass is 10.1. The summed E-state index contributed by atoms with van der Waals surface area (Å²) in [7, 11) is 1.73. The number of nitrogens with one attached hydrogen (secondary N) is 2. The lowest BCUT2D eigenvalue weighted by Crippen LogP contribution is -2.19. The average Bonchev–Trinajstić information content (AvgIpc) is 2.42. The summed E-state index contributed by atoms with van der Waals surface area (Å²) in [6.07, 6.45) is 2.33. The van der Waals surface area contributed by atoms with Gasteiger partial charge in [-0.25, -0.2) is 4.98 Å². The number of anilines is 1. The molecule has 0 aromatic carbocycles. The first kappa shape index (κ1) is 15.9. The molecule has 0 radical (unpaired) electrons. The van der Waals surface area contributed by atoms with Gasteiger partial charge in [0.2, 0.25) is 0 Å². The number of nitrogens with zero attached hydrogens (tertiary/aromatic N) is 1. The van der Waals surface area contributed by atoms with E-state index >= 15 is 0 Å². The highest BCUT2D eigenvalue weighted by molar-refractivity contribution is 5.40. The molecule has 0 fully saturated rings. The van der Waals surface area contributed by atoms with Crippen LogP contribution in [0.4, 0.5) is 5.82 Å². The third-order valence-corrected chi connectivity index (χ3v) is 3.00. The highest BCUT2D eigenvalue weighted by Gasteiger charge is 2.04. The minimum Gasteiger partial charge on any atom is -0.380 e. The van der Waals surface area contributed by atoms with Gasteiger partial charge in [0.05, 0.1) is 6.10 Å². The average molecular weight is 265 g/mol. The molecule has 19 heavy (non-hydrogen) atoms. The molecule has 1 atom stereocenters. The van der Waals surface area contributed by atoms with E-state index in [2.05, 4.69) is 41.6 Å². The van der Waals surface area contributed by atoms with Crippen LogP contribution in [0.1, 0.15) is 38.4 Å². The molecule has 1 heterocycles. The summed E-state index contributed by atoms with van der Waals surface area (Å²) < 4.78 is 5.24. The number of ether oxygens (including phenoxy) is 1. The van der Waals surface area contributed by atoms with Gasteiger partial charge in [-0.3, -0.25) is 0 Å².